The van der Waals surface area contributed by atoms with Crippen molar-refractivity contribution in [2.24, 2.45) is 5.73 Å². The summed E-state index contributed by atoms with van der Waals surface area (Å²) in [4.78, 5) is 27.4. The highest BCUT2D eigenvalue weighted by molar-refractivity contribution is 6.30. The predicted molar refractivity (Wildman–Crippen MR) is 107 cm³/mol. The van der Waals surface area contributed by atoms with Crippen molar-refractivity contribution >= 4 is 29.1 Å². The molecule has 0 saturated heterocycles. The fourth-order valence-corrected chi connectivity index (χ4v) is 3.43. The smallest absolute Gasteiger partial charge is 0.269 e. The number of primary amides is 1. The first-order valence-electron chi connectivity index (χ1n) is 8.59. The van der Waals surface area contributed by atoms with Gasteiger partial charge < -0.3 is 11.1 Å². The highest BCUT2D eigenvalue weighted by Gasteiger charge is 2.34. The molecule has 4 rings (SSSR count). The number of nitrogens with zero attached hydrogens (tertiary/aromatic N) is 4. The van der Waals surface area contributed by atoms with E-state index in [9.17, 15) is 14.9 Å². The van der Waals surface area contributed by atoms with Gasteiger partial charge >= 0.3 is 0 Å². The van der Waals surface area contributed by atoms with Gasteiger partial charge in [0.2, 0.25) is 11.9 Å². The molecular formula is C19H15ClN6O3. The number of halogens is 1. The summed E-state index contributed by atoms with van der Waals surface area (Å²) in [5, 5.41) is 19.4. The van der Waals surface area contributed by atoms with Crippen LogP contribution in [0, 0.1) is 10.1 Å². The number of carbonyl (C=O) groups excluding carboxylic acids is 1. The van der Waals surface area contributed by atoms with E-state index in [-0.39, 0.29) is 11.3 Å². The number of nitro groups is 1. The van der Waals surface area contributed by atoms with Crippen LogP contribution < -0.4 is 11.1 Å². The van der Waals surface area contributed by atoms with Gasteiger partial charge in [0.05, 0.1) is 10.5 Å². The molecule has 10 heteroatoms. The van der Waals surface area contributed by atoms with E-state index in [0.717, 1.165) is 5.56 Å². The number of carbonyl (C=O) groups is 1. The lowest BCUT2D eigenvalue weighted by atomic mass is 9.95. The molecule has 2 heterocycles. The summed E-state index contributed by atoms with van der Waals surface area (Å²) in [5.74, 6) is 0.160. The van der Waals surface area contributed by atoms with Crippen molar-refractivity contribution in [1.29, 1.82) is 0 Å². The zero-order valence-corrected chi connectivity index (χ0v) is 15.9. The third-order valence-corrected chi connectivity index (χ3v) is 4.87. The summed E-state index contributed by atoms with van der Waals surface area (Å²) >= 11 is 5.95. The summed E-state index contributed by atoms with van der Waals surface area (Å²) in [7, 11) is 0. The number of allylic oxidation sites excluding steroid dienone is 1. The lowest BCUT2D eigenvalue weighted by Gasteiger charge is -2.27. The fraction of sp³-hybridized carbons (Fsp3) is 0.105. The second kappa shape index (κ2) is 7.02. The summed E-state index contributed by atoms with van der Waals surface area (Å²) in [6, 6.07) is 12.3. The van der Waals surface area contributed by atoms with Gasteiger partial charge in [-0.15, -0.1) is 5.10 Å². The first-order valence-corrected chi connectivity index (χ1v) is 8.97. The Kier molecular flexibility index (Phi) is 4.51. The second-order valence-electron chi connectivity index (χ2n) is 6.49. The molecule has 0 spiro atoms. The van der Waals surface area contributed by atoms with Crippen LogP contribution in [0.1, 0.15) is 18.5 Å². The topological polar surface area (TPSA) is 129 Å². The number of hydrogen-bond acceptors (Lipinski definition) is 6. The molecule has 0 bridgehead atoms. The average Bonchev–Trinajstić information content (AvgIpc) is 3.10. The van der Waals surface area contributed by atoms with Crippen molar-refractivity contribution in [1.82, 2.24) is 14.8 Å². The van der Waals surface area contributed by atoms with Gasteiger partial charge in [0.25, 0.3) is 5.69 Å². The Bertz CT molecular complexity index is 1170. The van der Waals surface area contributed by atoms with Crippen LogP contribution in [0.15, 0.2) is 59.8 Å². The van der Waals surface area contributed by atoms with Gasteiger partial charge in [0.15, 0.2) is 5.82 Å². The van der Waals surface area contributed by atoms with Crippen molar-refractivity contribution in [3.63, 3.8) is 0 Å². The van der Waals surface area contributed by atoms with E-state index in [1.165, 1.54) is 16.8 Å². The Morgan fingerprint density at radius 1 is 1.28 bits per heavy atom. The Labute approximate surface area is 170 Å². The molecule has 1 amide bonds. The van der Waals surface area contributed by atoms with Gasteiger partial charge in [-0.05, 0) is 36.8 Å². The maximum absolute atomic E-state index is 12.2. The zero-order chi connectivity index (χ0) is 20.7. The molecule has 29 heavy (non-hydrogen) atoms. The van der Waals surface area contributed by atoms with Crippen molar-refractivity contribution in [2.75, 3.05) is 5.32 Å². The SMILES string of the molecule is CC1=C(C(N)=O)C(c2cccc([N+](=O)[O-])c2)n2nc(-c3ccc(Cl)cc3)nc2N1. The zero-order valence-electron chi connectivity index (χ0n) is 15.2. The van der Waals surface area contributed by atoms with Gasteiger partial charge in [-0.2, -0.15) is 4.98 Å². The standard InChI is InChI=1S/C19H15ClN6O3/c1-10-15(17(21)27)16(12-3-2-4-14(9-12)26(28)29)25-19(22-10)23-18(24-25)11-5-7-13(20)8-6-11/h2-9,16H,1H3,(H2,21,27)(H,22,23,24). The number of benzene rings is 2. The minimum absolute atomic E-state index is 0.0953. The summed E-state index contributed by atoms with van der Waals surface area (Å²) in [6.45, 7) is 1.70. The molecule has 3 N–H and O–H groups in total. The number of nitrogens with one attached hydrogen (secondary N) is 1. The number of nitro benzene ring substituents is 1. The van der Waals surface area contributed by atoms with E-state index in [0.29, 0.717) is 28.1 Å². The first-order chi connectivity index (χ1) is 13.8. The van der Waals surface area contributed by atoms with Crippen molar-refractivity contribution in [2.45, 2.75) is 13.0 Å². The number of non-ortho nitro benzene ring substituents is 1. The number of anilines is 1. The monoisotopic (exact) mass is 410 g/mol. The van der Waals surface area contributed by atoms with Crippen molar-refractivity contribution in [3.8, 4) is 11.4 Å². The number of amides is 1. The largest absolute Gasteiger partial charge is 0.366 e. The number of aromatic nitrogens is 3. The molecule has 1 aliphatic heterocycles. The first kappa shape index (κ1) is 18.6. The Morgan fingerprint density at radius 3 is 2.66 bits per heavy atom. The molecule has 1 atom stereocenters. The van der Waals surface area contributed by atoms with E-state index < -0.39 is 16.9 Å². The maximum Gasteiger partial charge on any atom is 0.269 e. The minimum Gasteiger partial charge on any atom is -0.366 e. The molecule has 9 nitrogen and oxygen atoms in total. The van der Waals surface area contributed by atoms with Crippen molar-refractivity contribution in [3.05, 3.63) is 80.5 Å². The Hall–Kier alpha value is -3.72. The Balaban J connectivity index is 1.88. The lowest BCUT2D eigenvalue weighted by molar-refractivity contribution is -0.384. The molecule has 2 aromatic carbocycles. The van der Waals surface area contributed by atoms with Crippen LogP contribution in [0.3, 0.4) is 0 Å². The van der Waals surface area contributed by atoms with Crippen LogP contribution in [0.5, 0.6) is 0 Å². The van der Waals surface area contributed by atoms with Crippen LogP contribution in [0.25, 0.3) is 11.4 Å². The Morgan fingerprint density at radius 2 is 2.00 bits per heavy atom. The van der Waals surface area contributed by atoms with Gasteiger partial charge in [-0.1, -0.05) is 23.7 Å². The third kappa shape index (κ3) is 3.32. The van der Waals surface area contributed by atoms with Gasteiger partial charge in [-0.3, -0.25) is 14.9 Å². The van der Waals surface area contributed by atoms with Gasteiger partial charge in [0.1, 0.15) is 6.04 Å². The lowest BCUT2D eigenvalue weighted by Crippen LogP contribution is -2.31. The van der Waals surface area contributed by atoms with Crippen LogP contribution in [-0.4, -0.2) is 25.6 Å². The molecule has 1 unspecified atom stereocenters. The second-order valence-corrected chi connectivity index (χ2v) is 6.93. The average molecular weight is 411 g/mol. The molecule has 0 saturated carbocycles. The molecular weight excluding hydrogens is 396 g/mol. The molecule has 1 aliphatic rings. The highest BCUT2D eigenvalue weighted by Crippen LogP contribution is 2.37. The summed E-state index contributed by atoms with van der Waals surface area (Å²) < 4.78 is 1.51. The normalized spacial score (nSPS) is 15.6. The van der Waals surface area contributed by atoms with Crippen LogP contribution >= 0.6 is 11.6 Å². The molecule has 1 aromatic heterocycles. The number of fused-ring (bicyclic) bond motifs is 1. The molecule has 0 radical (unpaired) electrons. The summed E-state index contributed by atoms with van der Waals surface area (Å²) in [5.41, 5.74) is 7.53. The van der Waals surface area contributed by atoms with E-state index in [1.54, 1.807) is 43.3 Å². The quantitative estimate of drug-likeness (QED) is 0.501. The van der Waals surface area contributed by atoms with Gasteiger partial charge in [-0.25, -0.2) is 4.68 Å². The third-order valence-electron chi connectivity index (χ3n) is 4.62. The van der Waals surface area contributed by atoms with E-state index in [1.807, 2.05) is 0 Å². The van der Waals surface area contributed by atoms with Crippen LogP contribution in [-0.2, 0) is 4.79 Å². The molecule has 146 valence electrons. The van der Waals surface area contributed by atoms with Crippen LogP contribution in [0.2, 0.25) is 5.02 Å². The van der Waals surface area contributed by atoms with Crippen LogP contribution in [0.4, 0.5) is 11.6 Å². The number of rotatable bonds is 4. The molecule has 3 aromatic rings. The van der Waals surface area contributed by atoms with E-state index >= 15 is 0 Å². The maximum atomic E-state index is 12.2. The highest BCUT2D eigenvalue weighted by atomic mass is 35.5. The number of nitrogens with two attached hydrogens (primary N) is 1. The predicted octanol–water partition coefficient (Wildman–Crippen LogP) is 3.28. The van der Waals surface area contributed by atoms with E-state index in [4.69, 9.17) is 17.3 Å². The van der Waals surface area contributed by atoms with Crippen molar-refractivity contribution < 1.29 is 9.72 Å². The summed E-state index contributed by atoms with van der Waals surface area (Å²) in [6.07, 6.45) is 0. The minimum atomic E-state index is -0.753. The van der Waals surface area contributed by atoms with E-state index in [2.05, 4.69) is 15.4 Å². The fourth-order valence-electron chi connectivity index (χ4n) is 3.31. The molecule has 0 aliphatic carbocycles. The molecule has 0 fully saturated rings. The number of hydrogen-bond donors (Lipinski definition) is 2. The van der Waals surface area contributed by atoms with Gasteiger partial charge in [0, 0.05) is 28.4 Å².